The first-order valence-corrected chi connectivity index (χ1v) is 6.25. The third-order valence-electron chi connectivity index (χ3n) is 3.44. The van der Waals surface area contributed by atoms with E-state index in [1.54, 1.807) is 37.5 Å². The van der Waals surface area contributed by atoms with E-state index in [1.165, 1.54) is 10.6 Å². The third-order valence-corrected chi connectivity index (χ3v) is 3.44. The van der Waals surface area contributed by atoms with E-state index in [4.69, 9.17) is 5.73 Å². The largest absolute Gasteiger partial charge is 0.418 e. The highest BCUT2D eigenvalue weighted by atomic mass is 19.4. The first-order chi connectivity index (χ1) is 9.88. The number of halogens is 3. The number of para-hydroxylation sites is 1. The van der Waals surface area contributed by atoms with Crippen LogP contribution in [0.15, 0.2) is 42.6 Å². The van der Waals surface area contributed by atoms with Gasteiger partial charge >= 0.3 is 6.18 Å². The van der Waals surface area contributed by atoms with Crippen molar-refractivity contribution in [1.29, 1.82) is 0 Å². The molecule has 0 aliphatic carbocycles. The molecule has 3 nitrogen and oxygen atoms in total. The van der Waals surface area contributed by atoms with Crippen LogP contribution in [0.3, 0.4) is 0 Å². The smallest absolute Gasteiger partial charge is 0.384 e. The molecule has 6 heteroatoms. The number of rotatable bonds is 1. The molecule has 0 unspecified atom stereocenters. The van der Waals surface area contributed by atoms with E-state index in [9.17, 15) is 13.2 Å². The first-order valence-electron chi connectivity index (χ1n) is 6.25. The van der Waals surface area contributed by atoms with Crippen LogP contribution in [0.2, 0.25) is 0 Å². The van der Waals surface area contributed by atoms with Crippen molar-refractivity contribution in [1.82, 2.24) is 9.55 Å². The third kappa shape index (κ3) is 2.22. The molecule has 21 heavy (non-hydrogen) atoms. The Kier molecular flexibility index (Phi) is 2.90. The number of nitrogens with zero attached hydrogens (tertiary/aromatic N) is 2. The van der Waals surface area contributed by atoms with Gasteiger partial charge in [-0.1, -0.05) is 12.1 Å². The van der Waals surface area contributed by atoms with Gasteiger partial charge in [0.05, 0.1) is 16.8 Å². The lowest BCUT2D eigenvalue weighted by Gasteiger charge is -2.11. The zero-order chi connectivity index (χ0) is 15.2. The average Bonchev–Trinajstić information content (AvgIpc) is 2.76. The molecule has 1 aromatic carbocycles. The SMILES string of the molecule is Cn1c(-c2ccc(N)nc2)cc2cccc(C(F)(F)F)c21. The number of nitrogens with two attached hydrogens (primary N) is 1. The molecule has 3 aromatic rings. The lowest BCUT2D eigenvalue weighted by Crippen LogP contribution is -2.07. The van der Waals surface area contributed by atoms with Gasteiger partial charge < -0.3 is 10.3 Å². The summed E-state index contributed by atoms with van der Waals surface area (Å²) in [5.74, 6) is 0.369. The van der Waals surface area contributed by atoms with Crippen molar-refractivity contribution in [2.75, 3.05) is 5.73 Å². The minimum atomic E-state index is -4.39. The summed E-state index contributed by atoms with van der Waals surface area (Å²) in [6.45, 7) is 0. The fourth-order valence-corrected chi connectivity index (χ4v) is 2.48. The van der Waals surface area contributed by atoms with Gasteiger partial charge in [0.25, 0.3) is 0 Å². The van der Waals surface area contributed by atoms with Crippen molar-refractivity contribution < 1.29 is 13.2 Å². The normalized spacial score (nSPS) is 12.0. The maximum atomic E-state index is 13.1. The Labute approximate surface area is 118 Å². The van der Waals surface area contributed by atoms with Crippen LogP contribution in [-0.2, 0) is 13.2 Å². The predicted molar refractivity (Wildman–Crippen MR) is 75.6 cm³/mol. The number of alkyl halides is 3. The Bertz CT molecular complexity index is 801. The summed E-state index contributed by atoms with van der Waals surface area (Å²) in [5, 5.41) is 0.541. The Balaban J connectivity index is 2.28. The molecule has 0 atom stereocenters. The second kappa shape index (κ2) is 4.51. The van der Waals surface area contributed by atoms with E-state index in [0.717, 1.165) is 11.6 Å². The van der Waals surface area contributed by atoms with Gasteiger partial charge in [0, 0.05) is 24.2 Å². The molecular weight excluding hydrogens is 279 g/mol. The quantitative estimate of drug-likeness (QED) is 0.740. The van der Waals surface area contributed by atoms with Crippen molar-refractivity contribution in [2.24, 2.45) is 7.05 Å². The molecular formula is C15H12F3N3. The number of benzene rings is 1. The minimum absolute atomic E-state index is 0.164. The zero-order valence-corrected chi connectivity index (χ0v) is 11.1. The molecule has 2 N–H and O–H groups in total. The molecule has 3 rings (SSSR count). The Hall–Kier alpha value is -2.50. The standard InChI is InChI=1S/C15H12F3N3/c1-21-12(10-5-6-13(19)20-8-10)7-9-3-2-4-11(14(9)21)15(16,17)18/h2-8H,1H3,(H2,19,20). The number of anilines is 1. The maximum absolute atomic E-state index is 13.1. The Morgan fingerprint density at radius 3 is 2.52 bits per heavy atom. The maximum Gasteiger partial charge on any atom is 0.418 e. The Morgan fingerprint density at radius 2 is 1.90 bits per heavy atom. The molecule has 0 saturated carbocycles. The van der Waals surface area contributed by atoms with E-state index in [-0.39, 0.29) is 5.52 Å². The lowest BCUT2D eigenvalue weighted by molar-refractivity contribution is -0.136. The second-order valence-electron chi connectivity index (χ2n) is 4.80. The first kappa shape index (κ1) is 13.5. The number of pyridine rings is 1. The molecule has 0 bridgehead atoms. The van der Waals surface area contributed by atoms with Gasteiger partial charge in [-0.25, -0.2) is 4.98 Å². The van der Waals surface area contributed by atoms with Gasteiger partial charge in [0.2, 0.25) is 0 Å². The van der Waals surface area contributed by atoms with Crippen LogP contribution < -0.4 is 5.73 Å². The van der Waals surface area contributed by atoms with Crippen LogP contribution in [0.1, 0.15) is 5.56 Å². The summed E-state index contributed by atoms with van der Waals surface area (Å²) in [6, 6.07) is 9.25. The van der Waals surface area contributed by atoms with Gasteiger partial charge in [-0.05, 0) is 24.3 Å². The summed E-state index contributed by atoms with van der Waals surface area (Å²) in [5.41, 5.74) is 6.43. The summed E-state index contributed by atoms with van der Waals surface area (Å²) in [6.07, 6.45) is -2.83. The topological polar surface area (TPSA) is 43.8 Å². The molecule has 2 aromatic heterocycles. The number of aryl methyl sites for hydroxylation is 1. The van der Waals surface area contributed by atoms with Gasteiger partial charge in [-0.15, -0.1) is 0 Å². The highest BCUT2D eigenvalue weighted by Crippen LogP contribution is 2.37. The van der Waals surface area contributed by atoms with Crippen LogP contribution in [0.4, 0.5) is 19.0 Å². The number of fused-ring (bicyclic) bond motifs is 1. The minimum Gasteiger partial charge on any atom is -0.384 e. The molecule has 0 amide bonds. The monoisotopic (exact) mass is 291 g/mol. The molecule has 0 saturated heterocycles. The van der Waals surface area contributed by atoms with E-state index >= 15 is 0 Å². The van der Waals surface area contributed by atoms with Crippen LogP contribution in [0.5, 0.6) is 0 Å². The number of nitrogen functional groups attached to an aromatic ring is 1. The van der Waals surface area contributed by atoms with Crippen LogP contribution in [0.25, 0.3) is 22.2 Å². The fraction of sp³-hybridized carbons (Fsp3) is 0.133. The van der Waals surface area contributed by atoms with Crippen molar-refractivity contribution in [3.8, 4) is 11.3 Å². The lowest BCUT2D eigenvalue weighted by atomic mass is 10.1. The molecule has 0 aliphatic rings. The average molecular weight is 291 g/mol. The highest BCUT2D eigenvalue weighted by molar-refractivity contribution is 5.89. The van der Waals surface area contributed by atoms with E-state index < -0.39 is 11.7 Å². The number of hydrogen-bond donors (Lipinski definition) is 1. The molecule has 2 heterocycles. The summed E-state index contributed by atoms with van der Waals surface area (Å²) < 4.78 is 40.9. The van der Waals surface area contributed by atoms with Crippen molar-refractivity contribution >= 4 is 16.7 Å². The highest BCUT2D eigenvalue weighted by Gasteiger charge is 2.33. The van der Waals surface area contributed by atoms with Gasteiger partial charge in [0.15, 0.2) is 0 Å². The number of aromatic nitrogens is 2. The van der Waals surface area contributed by atoms with Crippen molar-refractivity contribution in [2.45, 2.75) is 6.18 Å². The molecule has 0 fully saturated rings. The van der Waals surface area contributed by atoms with Crippen molar-refractivity contribution in [3.05, 3.63) is 48.2 Å². The molecule has 0 spiro atoms. The van der Waals surface area contributed by atoms with E-state index in [0.29, 0.717) is 16.9 Å². The Morgan fingerprint density at radius 1 is 1.14 bits per heavy atom. The van der Waals surface area contributed by atoms with Crippen LogP contribution in [-0.4, -0.2) is 9.55 Å². The van der Waals surface area contributed by atoms with Crippen LogP contribution in [0, 0.1) is 0 Å². The summed E-state index contributed by atoms with van der Waals surface area (Å²) in [4.78, 5) is 3.98. The number of hydrogen-bond acceptors (Lipinski definition) is 2. The second-order valence-corrected chi connectivity index (χ2v) is 4.80. The summed E-state index contributed by atoms with van der Waals surface area (Å²) >= 11 is 0. The van der Waals surface area contributed by atoms with Crippen LogP contribution >= 0.6 is 0 Å². The van der Waals surface area contributed by atoms with Crippen molar-refractivity contribution in [3.63, 3.8) is 0 Å². The predicted octanol–water partition coefficient (Wildman–Crippen LogP) is 3.84. The van der Waals surface area contributed by atoms with Gasteiger partial charge in [-0.2, -0.15) is 13.2 Å². The van der Waals surface area contributed by atoms with E-state index in [1.807, 2.05) is 0 Å². The summed E-state index contributed by atoms with van der Waals surface area (Å²) in [7, 11) is 1.61. The van der Waals surface area contributed by atoms with Gasteiger partial charge in [-0.3, -0.25) is 0 Å². The van der Waals surface area contributed by atoms with Gasteiger partial charge in [0.1, 0.15) is 5.82 Å². The molecule has 0 radical (unpaired) electrons. The molecule has 0 aliphatic heterocycles. The molecule has 108 valence electrons. The fourth-order valence-electron chi connectivity index (χ4n) is 2.48. The van der Waals surface area contributed by atoms with E-state index in [2.05, 4.69) is 4.98 Å². The zero-order valence-electron chi connectivity index (χ0n) is 11.1.